The summed E-state index contributed by atoms with van der Waals surface area (Å²) in [6.07, 6.45) is 4.31. The van der Waals surface area contributed by atoms with Crippen LogP contribution in [0.3, 0.4) is 0 Å². The Balaban J connectivity index is 1.95. The van der Waals surface area contributed by atoms with Crippen LogP contribution >= 0.6 is 0 Å². The largest absolute Gasteiger partial charge is 0.348 e. The standard InChI is InChI=1S/C9H14N4O/c1-13-6-7(4-11-13)9(14)12-8-2-3-10-5-8/h4,6,8,10H,2-3,5H2,1H3,(H,12,14)/t8-/m0/s1. The van der Waals surface area contributed by atoms with Crippen LogP contribution in [0.15, 0.2) is 12.4 Å². The number of carbonyl (C=O) groups excluding carboxylic acids is 1. The molecule has 1 atom stereocenters. The van der Waals surface area contributed by atoms with Crippen molar-refractivity contribution < 1.29 is 4.79 Å². The van der Waals surface area contributed by atoms with E-state index in [1.807, 2.05) is 0 Å². The quantitative estimate of drug-likeness (QED) is 0.668. The van der Waals surface area contributed by atoms with Crippen molar-refractivity contribution in [2.75, 3.05) is 13.1 Å². The number of aryl methyl sites for hydroxylation is 1. The zero-order valence-corrected chi connectivity index (χ0v) is 8.16. The lowest BCUT2D eigenvalue weighted by Gasteiger charge is -2.09. The first kappa shape index (κ1) is 9.21. The average molecular weight is 194 g/mol. The highest BCUT2D eigenvalue weighted by Crippen LogP contribution is 2.01. The first-order valence-corrected chi connectivity index (χ1v) is 4.76. The summed E-state index contributed by atoms with van der Waals surface area (Å²) in [6.45, 7) is 1.85. The number of rotatable bonds is 2. The molecule has 5 heteroatoms. The van der Waals surface area contributed by atoms with Crippen molar-refractivity contribution in [2.24, 2.45) is 7.05 Å². The maximum atomic E-state index is 11.6. The maximum Gasteiger partial charge on any atom is 0.254 e. The second-order valence-electron chi connectivity index (χ2n) is 3.57. The second kappa shape index (κ2) is 3.79. The van der Waals surface area contributed by atoms with E-state index in [2.05, 4.69) is 15.7 Å². The molecule has 0 aromatic carbocycles. The van der Waals surface area contributed by atoms with Crippen LogP contribution in [0.5, 0.6) is 0 Å². The highest BCUT2D eigenvalue weighted by Gasteiger charge is 2.17. The van der Waals surface area contributed by atoms with Gasteiger partial charge in [-0.2, -0.15) is 5.10 Å². The Morgan fingerprint density at radius 3 is 3.21 bits per heavy atom. The monoisotopic (exact) mass is 194 g/mol. The van der Waals surface area contributed by atoms with Gasteiger partial charge in [-0.15, -0.1) is 0 Å². The van der Waals surface area contributed by atoms with E-state index < -0.39 is 0 Å². The fraction of sp³-hybridized carbons (Fsp3) is 0.556. The molecule has 1 aromatic heterocycles. The number of nitrogens with one attached hydrogen (secondary N) is 2. The molecule has 76 valence electrons. The first-order valence-electron chi connectivity index (χ1n) is 4.76. The zero-order valence-electron chi connectivity index (χ0n) is 8.16. The maximum absolute atomic E-state index is 11.6. The number of carbonyl (C=O) groups is 1. The van der Waals surface area contributed by atoms with Crippen LogP contribution in [-0.2, 0) is 7.05 Å². The lowest BCUT2D eigenvalue weighted by atomic mass is 10.2. The lowest BCUT2D eigenvalue weighted by molar-refractivity contribution is 0.0940. The first-order chi connectivity index (χ1) is 6.75. The molecule has 2 N–H and O–H groups in total. The third-order valence-electron chi connectivity index (χ3n) is 2.36. The molecule has 1 aliphatic rings. The Morgan fingerprint density at radius 2 is 2.64 bits per heavy atom. The van der Waals surface area contributed by atoms with Gasteiger partial charge >= 0.3 is 0 Å². The van der Waals surface area contributed by atoms with E-state index in [0.717, 1.165) is 19.5 Å². The van der Waals surface area contributed by atoms with E-state index in [1.165, 1.54) is 0 Å². The Labute approximate surface area is 82.5 Å². The van der Waals surface area contributed by atoms with Crippen molar-refractivity contribution in [1.29, 1.82) is 0 Å². The summed E-state index contributed by atoms with van der Waals surface area (Å²) >= 11 is 0. The summed E-state index contributed by atoms with van der Waals surface area (Å²) in [5, 5.41) is 10.1. The summed E-state index contributed by atoms with van der Waals surface area (Å²) in [5.74, 6) is -0.0354. The SMILES string of the molecule is Cn1cc(C(=O)N[C@H]2CCNC2)cn1. The average Bonchev–Trinajstić information content (AvgIpc) is 2.75. The van der Waals surface area contributed by atoms with Gasteiger partial charge in [-0.1, -0.05) is 0 Å². The third-order valence-corrected chi connectivity index (χ3v) is 2.36. The van der Waals surface area contributed by atoms with Gasteiger partial charge in [-0.3, -0.25) is 9.48 Å². The number of amides is 1. The highest BCUT2D eigenvalue weighted by molar-refractivity contribution is 5.93. The van der Waals surface area contributed by atoms with Gasteiger partial charge in [0.15, 0.2) is 0 Å². The minimum Gasteiger partial charge on any atom is -0.348 e. The molecule has 1 saturated heterocycles. The smallest absolute Gasteiger partial charge is 0.254 e. The molecule has 5 nitrogen and oxygen atoms in total. The molecule has 1 aliphatic heterocycles. The minimum atomic E-state index is -0.0354. The summed E-state index contributed by atoms with van der Waals surface area (Å²) < 4.78 is 1.63. The number of hydrogen-bond acceptors (Lipinski definition) is 3. The van der Waals surface area contributed by atoms with Crippen LogP contribution in [0, 0.1) is 0 Å². The Morgan fingerprint density at radius 1 is 1.79 bits per heavy atom. The van der Waals surface area contributed by atoms with Crippen LogP contribution in [0.1, 0.15) is 16.8 Å². The van der Waals surface area contributed by atoms with Crippen LogP contribution < -0.4 is 10.6 Å². The van der Waals surface area contributed by atoms with Crippen LogP contribution in [-0.4, -0.2) is 34.8 Å². The van der Waals surface area contributed by atoms with Gasteiger partial charge in [0.1, 0.15) is 0 Å². The van der Waals surface area contributed by atoms with Gasteiger partial charge in [0.25, 0.3) is 5.91 Å². The molecule has 2 rings (SSSR count). The molecule has 14 heavy (non-hydrogen) atoms. The molecular weight excluding hydrogens is 180 g/mol. The van der Waals surface area contributed by atoms with Crippen molar-refractivity contribution in [3.8, 4) is 0 Å². The molecule has 0 bridgehead atoms. The van der Waals surface area contributed by atoms with Crippen molar-refractivity contribution in [3.05, 3.63) is 18.0 Å². The highest BCUT2D eigenvalue weighted by atomic mass is 16.1. The molecule has 1 fully saturated rings. The molecule has 1 amide bonds. The number of hydrogen-bond donors (Lipinski definition) is 2. The van der Waals surface area contributed by atoms with Crippen molar-refractivity contribution in [3.63, 3.8) is 0 Å². The predicted molar refractivity (Wildman–Crippen MR) is 51.9 cm³/mol. The number of nitrogens with zero attached hydrogens (tertiary/aromatic N) is 2. The van der Waals surface area contributed by atoms with Crippen molar-refractivity contribution in [1.82, 2.24) is 20.4 Å². The summed E-state index contributed by atoms with van der Waals surface area (Å²) in [6, 6.07) is 0.266. The fourth-order valence-corrected chi connectivity index (χ4v) is 1.59. The fourth-order valence-electron chi connectivity index (χ4n) is 1.59. The molecule has 0 unspecified atom stereocenters. The van der Waals surface area contributed by atoms with E-state index in [9.17, 15) is 4.79 Å². The molecular formula is C9H14N4O. The third kappa shape index (κ3) is 1.93. The molecule has 0 radical (unpaired) electrons. The van der Waals surface area contributed by atoms with E-state index >= 15 is 0 Å². The van der Waals surface area contributed by atoms with Gasteiger partial charge in [0.05, 0.1) is 11.8 Å². The van der Waals surface area contributed by atoms with E-state index in [1.54, 1.807) is 24.1 Å². The normalized spacial score (nSPS) is 21.1. The minimum absolute atomic E-state index is 0.0354. The molecule has 0 aliphatic carbocycles. The lowest BCUT2D eigenvalue weighted by Crippen LogP contribution is -2.36. The van der Waals surface area contributed by atoms with Crippen LogP contribution in [0.2, 0.25) is 0 Å². The van der Waals surface area contributed by atoms with Crippen molar-refractivity contribution in [2.45, 2.75) is 12.5 Å². The van der Waals surface area contributed by atoms with Crippen LogP contribution in [0.4, 0.5) is 0 Å². The second-order valence-corrected chi connectivity index (χ2v) is 3.57. The molecule has 0 saturated carbocycles. The van der Waals surface area contributed by atoms with Gasteiger partial charge < -0.3 is 10.6 Å². The van der Waals surface area contributed by atoms with Crippen LogP contribution in [0.25, 0.3) is 0 Å². The van der Waals surface area contributed by atoms with Crippen molar-refractivity contribution >= 4 is 5.91 Å². The molecule has 0 spiro atoms. The van der Waals surface area contributed by atoms with E-state index in [4.69, 9.17) is 0 Å². The van der Waals surface area contributed by atoms with E-state index in [0.29, 0.717) is 5.56 Å². The predicted octanol–water partition coefficient (Wildman–Crippen LogP) is -0.488. The van der Waals surface area contributed by atoms with Gasteiger partial charge in [-0.05, 0) is 13.0 Å². The van der Waals surface area contributed by atoms with Gasteiger partial charge in [0.2, 0.25) is 0 Å². The Bertz CT molecular complexity index is 327. The topological polar surface area (TPSA) is 59.0 Å². The Kier molecular flexibility index (Phi) is 2.49. The molecule has 1 aromatic rings. The Hall–Kier alpha value is -1.36. The molecule has 2 heterocycles. The van der Waals surface area contributed by atoms with Gasteiger partial charge in [-0.25, -0.2) is 0 Å². The summed E-state index contributed by atoms with van der Waals surface area (Å²) in [4.78, 5) is 11.6. The zero-order chi connectivity index (χ0) is 9.97. The summed E-state index contributed by atoms with van der Waals surface area (Å²) in [7, 11) is 1.80. The van der Waals surface area contributed by atoms with E-state index in [-0.39, 0.29) is 11.9 Å². The van der Waals surface area contributed by atoms with Gasteiger partial charge in [0, 0.05) is 25.8 Å². The summed E-state index contributed by atoms with van der Waals surface area (Å²) in [5.41, 5.74) is 0.624. The number of aromatic nitrogens is 2.